The van der Waals surface area contributed by atoms with Crippen LogP contribution < -0.4 is 0 Å². The Bertz CT molecular complexity index is 1120. The van der Waals surface area contributed by atoms with E-state index >= 15 is 0 Å². The molecule has 2 aliphatic rings. The van der Waals surface area contributed by atoms with Gasteiger partial charge in [-0.1, -0.05) is 12.1 Å². The number of hydrogen-bond donors (Lipinski definition) is 0. The summed E-state index contributed by atoms with van der Waals surface area (Å²) in [5, 5.41) is 8.85. The maximum atomic E-state index is 14.1. The third-order valence-electron chi connectivity index (χ3n) is 6.37. The molecule has 3 aromatic rings. The fourth-order valence-electron chi connectivity index (χ4n) is 4.89. The first-order chi connectivity index (χ1) is 15.0. The van der Waals surface area contributed by atoms with E-state index in [0.717, 1.165) is 23.8 Å². The zero-order chi connectivity index (χ0) is 21.6. The molecule has 2 aromatic carbocycles. The van der Waals surface area contributed by atoms with Crippen LogP contribution in [-0.2, 0) is 12.1 Å². The third-order valence-corrected chi connectivity index (χ3v) is 6.37. The van der Waals surface area contributed by atoms with Crippen LogP contribution in [-0.4, -0.2) is 57.2 Å². The molecule has 6 nitrogen and oxygen atoms in total. The fraction of sp³-hybridized carbons (Fsp3) is 0.348. The molecule has 0 bridgehead atoms. The van der Waals surface area contributed by atoms with Gasteiger partial charge in [0.25, 0.3) is 5.91 Å². The van der Waals surface area contributed by atoms with E-state index in [1.54, 1.807) is 29.2 Å². The quantitative estimate of drug-likeness (QED) is 0.635. The van der Waals surface area contributed by atoms with Gasteiger partial charge in [0.15, 0.2) is 5.82 Å². The molecule has 2 aliphatic heterocycles. The van der Waals surface area contributed by atoms with Crippen LogP contribution in [0, 0.1) is 11.6 Å². The van der Waals surface area contributed by atoms with E-state index in [0.29, 0.717) is 32.5 Å². The molecule has 1 spiro atoms. The second kappa shape index (κ2) is 7.53. The number of carbonyl (C=O) groups excluding carboxylic acids is 1. The molecule has 160 valence electrons. The van der Waals surface area contributed by atoms with Crippen molar-refractivity contribution in [2.24, 2.45) is 0 Å². The Labute approximate surface area is 179 Å². The topological polar surface area (TPSA) is 54.3 Å². The molecule has 0 atom stereocenters. The highest BCUT2D eigenvalue weighted by Gasteiger charge is 2.44. The van der Waals surface area contributed by atoms with Gasteiger partial charge in [-0.15, -0.1) is 10.2 Å². The van der Waals surface area contributed by atoms with Gasteiger partial charge >= 0.3 is 0 Å². The number of likely N-dealkylation sites (tertiary alicyclic amines) is 1. The highest BCUT2D eigenvalue weighted by Crippen LogP contribution is 2.39. The first-order valence-corrected chi connectivity index (χ1v) is 10.4. The molecule has 1 aromatic heterocycles. The average molecular weight is 423 g/mol. The Morgan fingerprint density at radius 2 is 1.71 bits per heavy atom. The van der Waals surface area contributed by atoms with Crippen LogP contribution in [0.15, 0.2) is 48.5 Å². The number of carbonyl (C=O) groups is 1. The molecule has 31 heavy (non-hydrogen) atoms. The molecule has 8 heteroatoms. The van der Waals surface area contributed by atoms with Crippen molar-refractivity contribution in [1.29, 1.82) is 0 Å². The van der Waals surface area contributed by atoms with Crippen molar-refractivity contribution < 1.29 is 13.6 Å². The van der Waals surface area contributed by atoms with Crippen LogP contribution in [0.25, 0.3) is 11.4 Å². The number of hydrogen-bond acceptors (Lipinski definition) is 4. The first-order valence-electron chi connectivity index (χ1n) is 10.4. The molecule has 1 amide bonds. The van der Waals surface area contributed by atoms with Gasteiger partial charge in [0.05, 0.1) is 17.6 Å². The van der Waals surface area contributed by atoms with Gasteiger partial charge in [-0.25, -0.2) is 8.78 Å². The summed E-state index contributed by atoms with van der Waals surface area (Å²) < 4.78 is 29.7. The highest BCUT2D eigenvalue weighted by molar-refractivity contribution is 5.94. The maximum absolute atomic E-state index is 14.1. The van der Waals surface area contributed by atoms with E-state index in [4.69, 9.17) is 0 Å². The van der Waals surface area contributed by atoms with Crippen LogP contribution >= 0.6 is 0 Å². The standard InChI is InChI=1S/C23H23F2N5O/c1-28-14-20-26-27-21(16-6-8-17(24)9-7-16)30(20)23(15-28)10-12-29(13-11-23)22(31)18-4-2-3-5-19(18)25/h2-9H,10-15H2,1H3. The van der Waals surface area contributed by atoms with Gasteiger partial charge in [-0.2, -0.15) is 0 Å². The highest BCUT2D eigenvalue weighted by atomic mass is 19.1. The van der Waals surface area contributed by atoms with Crippen molar-refractivity contribution in [2.75, 3.05) is 26.7 Å². The summed E-state index contributed by atoms with van der Waals surface area (Å²) in [4.78, 5) is 16.8. The van der Waals surface area contributed by atoms with Crippen LogP contribution in [0.3, 0.4) is 0 Å². The largest absolute Gasteiger partial charge is 0.338 e. The lowest BCUT2D eigenvalue weighted by Crippen LogP contribution is -2.56. The predicted octanol–water partition coefficient (Wildman–Crippen LogP) is 3.30. The van der Waals surface area contributed by atoms with Crippen molar-refractivity contribution in [3.63, 3.8) is 0 Å². The third kappa shape index (κ3) is 3.40. The fourth-order valence-corrected chi connectivity index (χ4v) is 4.89. The molecular weight excluding hydrogens is 400 g/mol. The molecule has 0 radical (unpaired) electrons. The number of benzene rings is 2. The van der Waals surface area contributed by atoms with Crippen molar-refractivity contribution in [3.05, 3.63) is 71.6 Å². The smallest absolute Gasteiger partial charge is 0.256 e. The Morgan fingerprint density at radius 1 is 1.00 bits per heavy atom. The zero-order valence-electron chi connectivity index (χ0n) is 17.3. The molecule has 3 heterocycles. The predicted molar refractivity (Wildman–Crippen MR) is 111 cm³/mol. The van der Waals surface area contributed by atoms with Gasteiger partial charge in [-0.3, -0.25) is 9.69 Å². The van der Waals surface area contributed by atoms with Gasteiger partial charge in [-0.05, 0) is 56.3 Å². The Balaban J connectivity index is 1.45. The summed E-state index contributed by atoms with van der Waals surface area (Å²) >= 11 is 0. The second-order valence-electron chi connectivity index (χ2n) is 8.45. The SMILES string of the molecule is CN1Cc2nnc(-c3ccc(F)cc3)n2C2(CCN(C(=O)c3ccccc3F)CC2)C1. The molecule has 5 rings (SSSR count). The number of rotatable bonds is 2. The number of likely N-dealkylation sites (N-methyl/N-ethyl adjacent to an activating group) is 1. The molecule has 1 saturated heterocycles. The van der Waals surface area contributed by atoms with Gasteiger partial charge in [0.1, 0.15) is 17.5 Å². The maximum Gasteiger partial charge on any atom is 0.256 e. The van der Waals surface area contributed by atoms with E-state index in [9.17, 15) is 13.6 Å². The summed E-state index contributed by atoms with van der Waals surface area (Å²) in [6, 6.07) is 12.4. The monoisotopic (exact) mass is 423 g/mol. The summed E-state index contributed by atoms with van der Waals surface area (Å²) in [5.74, 6) is 0.514. The normalized spacial score (nSPS) is 18.2. The lowest BCUT2D eigenvalue weighted by molar-refractivity contribution is 0.0407. The Kier molecular flexibility index (Phi) is 4.81. The lowest BCUT2D eigenvalue weighted by atomic mass is 9.84. The number of nitrogens with zero attached hydrogens (tertiary/aromatic N) is 5. The van der Waals surface area contributed by atoms with E-state index in [2.05, 4.69) is 19.7 Å². The first kappa shape index (κ1) is 19.8. The summed E-state index contributed by atoms with van der Waals surface area (Å²) in [5.41, 5.74) is 0.645. The van der Waals surface area contributed by atoms with Crippen LogP contribution in [0.4, 0.5) is 8.78 Å². The van der Waals surface area contributed by atoms with Crippen molar-refractivity contribution in [1.82, 2.24) is 24.6 Å². The van der Waals surface area contributed by atoms with Crippen LogP contribution in [0.1, 0.15) is 29.0 Å². The van der Waals surface area contributed by atoms with Gasteiger partial charge in [0, 0.05) is 25.2 Å². The molecule has 0 aliphatic carbocycles. The van der Waals surface area contributed by atoms with Gasteiger partial charge in [0.2, 0.25) is 0 Å². The van der Waals surface area contributed by atoms with Crippen molar-refractivity contribution in [2.45, 2.75) is 24.9 Å². The van der Waals surface area contributed by atoms with Crippen LogP contribution in [0.2, 0.25) is 0 Å². The van der Waals surface area contributed by atoms with E-state index in [-0.39, 0.29) is 22.8 Å². The van der Waals surface area contributed by atoms with E-state index in [1.807, 2.05) is 7.05 Å². The molecule has 0 N–H and O–H groups in total. The van der Waals surface area contributed by atoms with Crippen molar-refractivity contribution in [3.8, 4) is 11.4 Å². The summed E-state index contributed by atoms with van der Waals surface area (Å²) in [7, 11) is 2.05. The van der Waals surface area contributed by atoms with Crippen LogP contribution in [0.5, 0.6) is 0 Å². The average Bonchev–Trinajstić information content (AvgIpc) is 3.19. The molecule has 0 unspecified atom stereocenters. The molecule has 0 saturated carbocycles. The molecule has 1 fully saturated rings. The minimum absolute atomic E-state index is 0.108. The zero-order valence-corrected chi connectivity index (χ0v) is 17.3. The minimum Gasteiger partial charge on any atom is -0.338 e. The number of aromatic nitrogens is 3. The molecular formula is C23H23F2N5O. The number of piperidine rings is 1. The van der Waals surface area contributed by atoms with E-state index < -0.39 is 5.82 Å². The van der Waals surface area contributed by atoms with Crippen molar-refractivity contribution >= 4 is 5.91 Å². The lowest BCUT2D eigenvalue weighted by Gasteiger charge is -2.48. The number of amides is 1. The van der Waals surface area contributed by atoms with Gasteiger partial charge < -0.3 is 9.47 Å². The number of halogens is 2. The summed E-state index contributed by atoms with van der Waals surface area (Å²) in [6.07, 6.45) is 1.41. The minimum atomic E-state index is -0.495. The summed E-state index contributed by atoms with van der Waals surface area (Å²) in [6.45, 7) is 2.50. The second-order valence-corrected chi connectivity index (χ2v) is 8.45. The Morgan fingerprint density at radius 3 is 2.42 bits per heavy atom. The number of fused-ring (bicyclic) bond motifs is 2. The van der Waals surface area contributed by atoms with E-state index in [1.165, 1.54) is 24.3 Å². The Hall–Kier alpha value is -3.13.